The first-order valence-electron chi connectivity index (χ1n) is 3.87. The van der Waals surface area contributed by atoms with Crippen molar-refractivity contribution in [2.24, 2.45) is 4.99 Å². The average molecular weight is 158 g/mol. The molecule has 0 fully saturated rings. The van der Waals surface area contributed by atoms with Gasteiger partial charge in [0.05, 0.1) is 11.6 Å². The monoisotopic (exact) mass is 158 g/mol. The zero-order valence-corrected chi connectivity index (χ0v) is 6.99. The van der Waals surface area contributed by atoms with Gasteiger partial charge in [-0.25, -0.2) is 0 Å². The molecule has 0 atom stereocenters. The molecule has 12 heavy (non-hydrogen) atoms. The van der Waals surface area contributed by atoms with Gasteiger partial charge in [0.15, 0.2) is 0 Å². The van der Waals surface area contributed by atoms with Gasteiger partial charge in [0.2, 0.25) is 0 Å². The first-order valence-corrected chi connectivity index (χ1v) is 3.87. The second kappa shape index (κ2) is 4.30. The van der Waals surface area contributed by atoms with Crippen LogP contribution in [0.3, 0.4) is 0 Å². The Morgan fingerprint density at radius 3 is 2.92 bits per heavy atom. The van der Waals surface area contributed by atoms with E-state index < -0.39 is 0 Å². The van der Waals surface area contributed by atoms with Crippen LogP contribution in [0.1, 0.15) is 18.1 Å². The molecule has 0 bridgehead atoms. The van der Waals surface area contributed by atoms with Crippen LogP contribution in [0.4, 0.5) is 0 Å². The normalized spacial score (nSPS) is 10.0. The second-order valence-electron chi connectivity index (χ2n) is 2.33. The Kier molecular flexibility index (Phi) is 3.04. The number of hydrogen-bond donors (Lipinski definition) is 0. The van der Waals surface area contributed by atoms with Gasteiger partial charge in [0, 0.05) is 18.3 Å². The fraction of sp³-hybridized carbons (Fsp3) is 0.200. The van der Waals surface area contributed by atoms with E-state index in [2.05, 4.69) is 11.1 Å². The van der Waals surface area contributed by atoms with E-state index in [9.17, 15) is 0 Å². The quantitative estimate of drug-likeness (QED) is 0.606. The summed E-state index contributed by atoms with van der Waals surface area (Å²) in [6.45, 7) is 2.71. The Balaban J connectivity index is 2.99. The lowest BCUT2D eigenvalue weighted by Gasteiger charge is -1.93. The smallest absolute Gasteiger partial charge is 0.0998 e. The van der Waals surface area contributed by atoms with E-state index in [1.54, 1.807) is 12.3 Å². The summed E-state index contributed by atoms with van der Waals surface area (Å²) >= 11 is 0. The van der Waals surface area contributed by atoms with Gasteiger partial charge in [-0.2, -0.15) is 5.26 Å². The summed E-state index contributed by atoms with van der Waals surface area (Å²) in [6, 6.07) is 9.54. The van der Waals surface area contributed by atoms with E-state index >= 15 is 0 Å². The van der Waals surface area contributed by atoms with E-state index in [1.807, 2.05) is 25.1 Å². The molecule has 0 aliphatic carbocycles. The highest BCUT2D eigenvalue weighted by molar-refractivity contribution is 5.83. The summed E-state index contributed by atoms with van der Waals surface area (Å²) in [5.41, 5.74) is 1.57. The molecule has 2 nitrogen and oxygen atoms in total. The van der Waals surface area contributed by atoms with Crippen molar-refractivity contribution in [3.8, 4) is 6.07 Å². The number of rotatable bonds is 2. The van der Waals surface area contributed by atoms with E-state index in [-0.39, 0.29) is 0 Å². The number of benzene rings is 1. The molecule has 0 amide bonds. The fourth-order valence-corrected chi connectivity index (χ4v) is 0.901. The van der Waals surface area contributed by atoms with Crippen LogP contribution in [-0.2, 0) is 0 Å². The second-order valence-corrected chi connectivity index (χ2v) is 2.33. The maximum atomic E-state index is 8.71. The molecule has 1 aromatic carbocycles. The molecule has 2 heteroatoms. The third kappa shape index (κ3) is 1.93. The van der Waals surface area contributed by atoms with Gasteiger partial charge in [0.1, 0.15) is 0 Å². The largest absolute Gasteiger partial charge is 0.293 e. The molecule has 0 aromatic heterocycles. The lowest BCUT2D eigenvalue weighted by atomic mass is 10.1. The van der Waals surface area contributed by atoms with Crippen LogP contribution in [0.25, 0.3) is 0 Å². The summed E-state index contributed by atoms with van der Waals surface area (Å²) in [7, 11) is 0. The maximum Gasteiger partial charge on any atom is 0.0998 e. The fourth-order valence-electron chi connectivity index (χ4n) is 0.901. The van der Waals surface area contributed by atoms with Crippen LogP contribution >= 0.6 is 0 Å². The topological polar surface area (TPSA) is 36.1 Å². The minimum absolute atomic E-state index is 0.676. The molecule has 0 heterocycles. The van der Waals surface area contributed by atoms with Crippen molar-refractivity contribution in [3.63, 3.8) is 0 Å². The van der Waals surface area contributed by atoms with Gasteiger partial charge in [-0.15, -0.1) is 0 Å². The Morgan fingerprint density at radius 1 is 1.50 bits per heavy atom. The predicted molar refractivity (Wildman–Crippen MR) is 49.3 cm³/mol. The van der Waals surface area contributed by atoms with Crippen molar-refractivity contribution in [3.05, 3.63) is 35.4 Å². The number of nitriles is 1. The van der Waals surface area contributed by atoms with Crippen LogP contribution in [0.2, 0.25) is 0 Å². The van der Waals surface area contributed by atoms with Crippen molar-refractivity contribution >= 4 is 6.21 Å². The van der Waals surface area contributed by atoms with Gasteiger partial charge in [-0.3, -0.25) is 4.99 Å². The van der Waals surface area contributed by atoms with Crippen molar-refractivity contribution in [2.45, 2.75) is 6.92 Å². The van der Waals surface area contributed by atoms with Crippen LogP contribution in [0.15, 0.2) is 29.3 Å². The summed E-state index contributed by atoms with van der Waals surface area (Å²) in [5, 5.41) is 8.71. The summed E-state index contributed by atoms with van der Waals surface area (Å²) < 4.78 is 0. The molecule has 0 unspecified atom stereocenters. The van der Waals surface area contributed by atoms with Gasteiger partial charge in [-0.1, -0.05) is 18.2 Å². The SMILES string of the molecule is CCN=Cc1ccccc1C#N. The molecule has 1 aromatic rings. The van der Waals surface area contributed by atoms with Crippen molar-refractivity contribution < 1.29 is 0 Å². The maximum absolute atomic E-state index is 8.71. The van der Waals surface area contributed by atoms with Crippen LogP contribution in [0, 0.1) is 11.3 Å². The van der Waals surface area contributed by atoms with Gasteiger partial charge in [-0.05, 0) is 13.0 Å². The molecule has 0 aliphatic heterocycles. The number of nitrogens with zero attached hydrogens (tertiary/aromatic N) is 2. The Bertz CT molecular complexity index is 321. The first kappa shape index (κ1) is 8.48. The summed E-state index contributed by atoms with van der Waals surface area (Å²) in [5.74, 6) is 0. The van der Waals surface area contributed by atoms with Crippen LogP contribution < -0.4 is 0 Å². The number of aliphatic imine (C=N–C) groups is 1. The van der Waals surface area contributed by atoms with Gasteiger partial charge >= 0.3 is 0 Å². The molecule has 1 rings (SSSR count). The first-order chi connectivity index (χ1) is 5.88. The Labute approximate surface area is 72.2 Å². The van der Waals surface area contributed by atoms with Crippen molar-refractivity contribution in [1.29, 1.82) is 5.26 Å². The van der Waals surface area contributed by atoms with Crippen molar-refractivity contribution in [2.75, 3.05) is 6.54 Å². The zero-order chi connectivity index (χ0) is 8.81. The predicted octanol–water partition coefficient (Wildman–Crippen LogP) is 2.00. The van der Waals surface area contributed by atoms with E-state index in [4.69, 9.17) is 5.26 Å². The Morgan fingerprint density at radius 2 is 2.25 bits per heavy atom. The molecule has 60 valence electrons. The highest BCUT2D eigenvalue weighted by atomic mass is 14.7. The molecule has 0 N–H and O–H groups in total. The third-order valence-electron chi connectivity index (χ3n) is 1.49. The van der Waals surface area contributed by atoms with Gasteiger partial charge in [0.25, 0.3) is 0 Å². The van der Waals surface area contributed by atoms with Crippen LogP contribution in [-0.4, -0.2) is 12.8 Å². The average Bonchev–Trinajstić information content (AvgIpc) is 2.15. The third-order valence-corrected chi connectivity index (χ3v) is 1.49. The zero-order valence-electron chi connectivity index (χ0n) is 6.99. The van der Waals surface area contributed by atoms with E-state index in [1.165, 1.54) is 0 Å². The summed E-state index contributed by atoms with van der Waals surface area (Å²) in [6.07, 6.45) is 1.73. The minimum atomic E-state index is 0.676. The highest BCUT2D eigenvalue weighted by Crippen LogP contribution is 2.03. The molecule has 0 saturated carbocycles. The van der Waals surface area contributed by atoms with Crippen molar-refractivity contribution in [1.82, 2.24) is 0 Å². The number of hydrogen-bond acceptors (Lipinski definition) is 2. The molecule has 0 spiro atoms. The Hall–Kier alpha value is -1.62. The molecule has 0 saturated heterocycles. The molecular formula is C10H10N2. The lowest BCUT2D eigenvalue weighted by molar-refractivity contribution is 1.14. The van der Waals surface area contributed by atoms with E-state index in [0.29, 0.717) is 5.56 Å². The van der Waals surface area contributed by atoms with Gasteiger partial charge < -0.3 is 0 Å². The molecule has 0 radical (unpaired) electrons. The highest BCUT2D eigenvalue weighted by Gasteiger charge is 1.94. The van der Waals surface area contributed by atoms with E-state index in [0.717, 1.165) is 12.1 Å². The summed E-state index contributed by atoms with van der Waals surface area (Å²) in [4.78, 5) is 4.07. The van der Waals surface area contributed by atoms with Crippen LogP contribution in [0.5, 0.6) is 0 Å². The minimum Gasteiger partial charge on any atom is -0.293 e. The lowest BCUT2D eigenvalue weighted by Crippen LogP contribution is -1.87. The standard InChI is InChI=1S/C10H10N2/c1-2-12-8-10-6-4-3-5-9(10)7-11/h3-6,8H,2H2,1H3. The molecular weight excluding hydrogens is 148 g/mol. The molecule has 0 aliphatic rings.